The van der Waals surface area contributed by atoms with Crippen LogP contribution >= 0.6 is 0 Å². The third-order valence-electron chi connectivity index (χ3n) is 4.04. The van der Waals surface area contributed by atoms with Crippen molar-refractivity contribution in [1.29, 1.82) is 0 Å². The minimum absolute atomic E-state index is 0.0148. The fourth-order valence-corrected chi connectivity index (χ4v) is 2.87. The number of hydrogen-bond acceptors (Lipinski definition) is 2. The summed E-state index contributed by atoms with van der Waals surface area (Å²) in [6.45, 7) is 5.39. The van der Waals surface area contributed by atoms with Gasteiger partial charge in [-0.3, -0.25) is 9.59 Å². The SMILES string of the molecule is CCCC(=O)N[C@@H]1CCCN(C(=O)/C=C/c2cccc(C)c2)C1. The lowest BCUT2D eigenvalue weighted by Gasteiger charge is -2.32. The number of piperidine rings is 1. The molecular formula is C19H26N2O2. The molecule has 0 radical (unpaired) electrons. The number of likely N-dealkylation sites (tertiary alicyclic amines) is 1. The molecule has 1 heterocycles. The smallest absolute Gasteiger partial charge is 0.246 e. The Morgan fingerprint density at radius 2 is 2.22 bits per heavy atom. The van der Waals surface area contributed by atoms with E-state index in [0.29, 0.717) is 13.0 Å². The van der Waals surface area contributed by atoms with Crippen molar-refractivity contribution < 1.29 is 9.59 Å². The first-order valence-corrected chi connectivity index (χ1v) is 8.41. The van der Waals surface area contributed by atoms with Gasteiger partial charge in [0.05, 0.1) is 0 Å². The third-order valence-corrected chi connectivity index (χ3v) is 4.04. The Morgan fingerprint density at radius 3 is 2.96 bits per heavy atom. The number of nitrogens with zero attached hydrogens (tertiary/aromatic N) is 1. The van der Waals surface area contributed by atoms with Gasteiger partial charge in [0.25, 0.3) is 0 Å². The molecule has 2 amide bonds. The van der Waals surface area contributed by atoms with E-state index in [9.17, 15) is 9.59 Å². The zero-order valence-corrected chi connectivity index (χ0v) is 14.0. The summed E-state index contributed by atoms with van der Waals surface area (Å²) in [5.41, 5.74) is 2.21. The van der Waals surface area contributed by atoms with Crippen LogP contribution in [0.15, 0.2) is 30.3 Å². The molecule has 1 aliphatic rings. The van der Waals surface area contributed by atoms with Crippen LogP contribution < -0.4 is 5.32 Å². The molecule has 1 saturated heterocycles. The Kier molecular flexibility index (Phi) is 6.39. The predicted molar refractivity (Wildman–Crippen MR) is 92.9 cm³/mol. The number of aryl methyl sites for hydroxylation is 1. The van der Waals surface area contributed by atoms with Crippen LogP contribution in [0.5, 0.6) is 0 Å². The van der Waals surface area contributed by atoms with E-state index in [-0.39, 0.29) is 17.9 Å². The fourth-order valence-electron chi connectivity index (χ4n) is 2.87. The maximum absolute atomic E-state index is 12.3. The van der Waals surface area contributed by atoms with Gasteiger partial charge >= 0.3 is 0 Å². The van der Waals surface area contributed by atoms with Crippen LogP contribution in [0, 0.1) is 6.92 Å². The average Bonchev–Trinajstić information content (AvgIpc) is 2.53. The third kappa shape index (κ3) is 5.55. The molecule has 4 heteroatoms. The summed E-state index contributed by atoms with van der Waals surface area (Å²) in [6, 6.07) is 8.14. The highest BCUT2D eigenvalue weighted by Crippen LogP contribution is 2.12. The summed E-state index contributed by atoms with van der Waals surface area (Å²) in [5, 5.41) is 3.03. The van der Waals surface area contributed by atoms with E-state index in [4.69, 9.17) is 0 Å². The Bertz CT molecular complexity index is 580. The molecule has 0 aromatic heterocycles. The Hall–Kier alpha value is -2.10. The molecule has 23 heavy (non-hydrogen) atoms. The van der Waals surface area contributed by atoms with Crippen molar-refractivity contribution in [3.05, 3.63) is 41.5 Å². The highest BCUT2D eigenvalue weighted by atomic mass is 16.2. The number of rotatable bonds is 5. The molecule has 0 saturated carbocycles. The number of amides is 2. The van der Waals surface area contributed by atoms with Gasteiger partial charge in [0, 0.05) is 31.6 Å². The van der Waals surface area contributed by atoms with Crippen molar-refractivity contribution in [1.82, 2.24) is 10.2 Å². The van der Waals surface area contributed by atoms with E-state index in [0.717, 1.165) is 31.4 Å². The average molecular weight is 314 g/mol. The second-order valence-electron chi connectivity index (χ2n) is 6.19. The minimum atomic E-state index is 0.0148. The van der Waals surface area contributed by atoms with E-state index in [1.54, 1.807) is 6.08 Å². The molecule has 1 aliphatic heterocycles. The van der Waals surface area contributed by atoms with Crippen molar-refractivity contribution in [2.75, 3.05) is 13.1 Å². The Balaban J connectivity index is 1.90. The molecule has 1 aromatic rings. The van der Waals surface area contributed by atoms with Crippen LogP contribution in [-0.4, -0.2) is 35.8 Å². The molecule has 0 aliphatic carbocycles. The lowest BCUT2D eigenvalue weighted by Crippen LogP contribution is -2.49. The number of carbonyl (C=O) groups is 2. The van der Waals surface area contributed by atoms with Gasteiger partial charge < -0.3 is 10.2 Å². The number of benzene rings is 1. The highest BCUT2D eigenvalue weighted by Gasteiger charge is 2.23. The molecule has 1 atom stereocenters. The zero-order valence-electron chi connectivity index (χ0n) is 14.0. The van der Waals surface area contributed by atoms with Gasteiger partial charge in [0.1, 0.15) is 0 Å². The molecule has 4 nitrogen and oxygen atoms in total. The maximum Gasteiger partial charge on any atom is 0.246 e. The second kappa shape index (κ2) is 8.51. The number of nitrogens with one attached hydrogen (secondary N) is 1. The first-order chi connectivity index (χ1) is 11.1. The zero-order chi connectivity index (χ0) is 16.7. The molecule has 124 valence electrons. The molecule has 1 N–H and O–H groups in total. The summed E-state index contributed by atoms with van der Waals surface area (Å²) < 4.78 is 0. The fraction of sp³-hybridized carbons (Fsp3) is 0.474. The summed E-state index contributed by atoms with van der Waals surface area (Å²) in [4.78, 5) is 25.9. The van der Waals surface area contributed by atoms with Gasteiger partial charge in [-0.25, -0.2) is 0 Å². The largest absolute Gasteiger partial charge is 0.352 e. The van der Waals surface area contributed by atoms with Gasteiger partial charge in [0.15, 0.2) is 0 Å². The molecule has 0 bridgehead atoms. The van der Waals surface area contributed by atoms with Crippen molar-refractivity contribution in [3.63, 3.8) is 0 Å². The van der Waals surface area contributed by atoms with E-state index in [2.05, 4.69) is 5.32 Å². The van der Waals surface area contributed by atoms with Crippen LogP contribution in [0.3, 0.4) is 0 Å². The van der Waals surface area contributed by atoms with Crippen molar-refractivity contribution in [2.24, 2.45) is 0 Å². The van der Waals surface area contributed by atoms with Crippen LogP contribution in [0.4, 0.5) is 0 Å². The van der Waals surface area contributed by atoms with Gasteiger partial charge in [-0.2, -0.15) is 0 Å². The van der Waals surface area contributed by atoms with Crippen molar-refractivity contribution in [3.8, 4) is 0 Å². The van der Waals surface area contributed by atoms with Crippen LogP contribution in [0.2, 0.25) is 0 Å². The monoisotopic (exact) mass is 314 g/mol. The van der Waals surface area contributed by atoms with Crippen molar-refractivity contribution >= 4 is 17.9 Å². The normalized spacial score (nSPS) is 18.2. The van der Waals surface area contributed by atoms with Crippen molar-refractivity contribution in [2.45, 2.75) is 45.6 Å². The van der Waals surface area contributed by atoms with Gasteiger partial charge in [-0.1, -0.05) is 36.8 Å². The lowest BCUT2D eigenvalue weighted by atomic mass is 10.0. The highest BCUT2D eigenvalue weighted by molar-refractivity contribution is 5.92. The van der Waals surface area contributed by atoms with E-state index in [1.807, 2.05) is 49.1 Å². The first-order valence-electron chi connectivity index (χ1n) is 8.41. The first kappa shape index (κ1) is 17.3. The molecule has 0 spiro atoms. The van der Waals surface area contributed by atoms with E-state index in [1.165, 1.54) is 5.56 Å². The summed E-state index contributed by atoms with van der Waals surface area (Å²) in [5.74, 6) is 0.100. The minimum Gasteiger partial charge on any atom is -0.352 e. The number of hydrogen-bond donors (Lipinski definition) is 1. The Morgan fingerprint density at radius 1 is 1.39 bits per heavy atom. The molecule has 1 fully saturated rings. The van der Waals surface area contributed by atoms with Crippen LogP contribution in [0.1, 0.15) is 43.7 Å². The molecule has 1 aromatic carbocycles. The molecular weight excluding hydrogens is 288 g/mol. The summed E-state index contributed by atoms with van der Waals surface area (Å²) in [6.07, 6.45) is 6.76. The summed E-state index contributed by atoms with van der Waals surface area (Å²) >= 11 is 0. The Labute approximate surface area is 138 Å². The van der Waals surface area contributed by atoms with Gasteiger partial charge in [-0.05, 0) is 37.8 Å². The van der Waals surface area contributed by atoms with Crippen LogP contribution in [-0.2, 0) is 9.59 Å². The second-order valence-corrected chi connectivity index (χ2v) is 6.19. The van der Waals surface area contributed by atoms with E-state index >= 15 is 0 Å². The molecule has 0 unspecified atom stereocenters. The van der Waals surface area contributed by atoms with Crippen LogP contribution in [0.25, 0.3) is 6.08 Å². The predicted octanol–water partition coefficient (Wildman–Crippen LogP) is 2.92. The van der Waals surface area contributed by atoms with Gasteiger partial charge in [-0.15, -0.1) is 0 Å². The topological polar surface area (TPSA) is 49.4 Å². The standard InChI is InChI=1S/C19H26N2O2/c1-3-6-18(22)20-17-9-5-12-21(14-17)19(23)11-10-16-8-4-7-15(2)13-16/h4,7-8,10-11,13,17H,3,5-6,9,12,14H2,1-2H3,(H,20,22)/b11-10+/t17-/m1/s1. The summed E-state index contributed by atoms with van der Waals surface area (Å²) in [7, 11) is 0. The van der Waals surface area contributed by atoms with E-state index < -0.39 is 0 Å². The lowest BCUT2D eigenvalue weighted by molar-refractivity contribution is -0.129. The van der Waals surface area contributed by atoms with Gasteiger partial charge in [0.2, 0.25) is 11.8 Å². The molecule has 2 rings (SSSR count). The maximum atomic E-state index is 12.3. The number of carbonyl (C=O) groups excluding carboxylic acids is 2. The quantitative estimate of drug-likeness (QED) is 0.850.